The topological polar surface area (TPSA) is 86.7 Å². The van der Waals surface area contributed by atoms with Crippen LogP contribution < -0.4 is 4.90 Å². The highest BCUT2D eigenvalue weighted by atomic mass is 32.2. The van der Waals surface area contributed by atoms with Gasteiger partial charge in [-0.15, -0.1) is 0 Å². The van der Waals surface area contributed by atoms with E-state index in [9.17, 15) is 13.2 Å². The Labute approximate surface area is 159 Å². The lowest BCUT2D eigenvalue weighted by atomic mass is 10.2. The predicted octanol–water partition coefficient (Wildman–Crippen LogP) is 0.587. The fourth-order valence-corrected chi connectivity index (χ4v) is 3.67. The number of carbonyl (C=O) groups excluding carboxylic acids is 1. The molecular weight excluding hydrogens is 366 g/mol. The average molecular weight is 389 g/mol. The van der Waals surface area contributed by atoms with Crippen molar-refractivity contribution in [3.8, 4) is 0 Å². The minimum Gasteiger partial charge on any atom is -0.338 e. The molecule has 1 amide bonds. The van der Waals surface area contributed by atoms with E-state index in [4.69, 9.17) is 0 Å². The minimum absolute atomic E-state index is 0.157. The van der Waals surface area contributed by atoms with Crippen LogP contribution in [0.5, 0.6) is 0 Å². The molecule has 0 saturated carbocycles. The van der Waals surface area contributed by atoms with Gasteiger partial charge in [-0.1, -0.05) is 30.3 Å². The third kappa shape index (κ3) is 5.24. The number of hydrogen-bond donors (Lipinski definition) is 0. The highest BCUT2D eigenvalue weighted by Crippen LogP contribution is 2.12. The fourth-order valence-electron chi connectivity index (χ4n) is 2.94. The summed E-state index contributed by atoms with van der Waals surface area (Å²) >= 11 is 0. The smallest absolute Gasteiger partial charge is 0.238 e. The number of nitrogens with zero attached hydrogens (tertiary/aromatic N) is 5. The van der Waals surface area contributed by atoms with E-state index in [0.717, 1.165) is 11.8 Å². The van der Waals surface area contributed by atoms with E-state index in [-0.39, 0.29) is 19.0 Å². The van der Waals surface area contributed by atoms with Crippen LogP contribution in [0.4, 0.5) is 5.95 Å². The molecule has 1 aromatic heterocycles. The number of piperazine rings is 1. The van der Waals surface area contributed by atoms with Crippen molar-refractivity contribution in [3.05, 3.63) is 54.4 Å². The quantitative estimate of drug-likeness (QED) is 0.719. The molecule has 0 bridgehead atoms. The van der Waals surface area contributed by atoms with Crippen LogP contribution in [0.2, 0.25) is 0 Å². The van der Waals surface area contributed by atoms with Crippen molar-refractivity contribution in [1.29, 1.82) is 0 Å². The van der Waals surface area contributed by atoms with Crippen LogP contribution in [0.1, 0.15) is 5.56 Å². The first-order chi connectivity index (χ1) is 12.9. The largest absolute Gasteiger partial charge is 0.338 e. The second-order valence-electron chi connectivity index (χ2n) is 6.43. The Balaban J connectivity index is 1.60. The predicted molar refractivity (Wildman–Crippen MR) is 103 cm³/mol. The lowest BCUT2D eigenvalue weighted by Crippen LogP contribution is -2.52. The number of hydrogen-bond acceptors (Lipinski definition) is 6. The number of aromatic nitrogens is 2. The lowest BCUT2D eigenvalue weighted by molar-refractivity contribution is -0.131. The van der Waals surface area contributed by atoms with Crippen molar-refractivity contribution < 1.29 is 13.2 Å². The van der Waals surface area contributed by atoms with Gasteiger partial charge in [0.25, 0.3) is 0 Å². The summed E-state index contributed by atoms with van der Waals surface area (Å²) in [4.78, 5) is 24.8. The molecule has 1 fully saturated rings. The Morgan fingerprint density at radius 1 is 1.04 bits per heavy atom. The van der Waals surface area contributed by atoms with Gasteiger partial charge in [-0.2, -0.15) is 4.31 Å². The number of anilines is 1. The van der Waals surface area contributed by atoms with Crippen molar-refractivity contribution in [1.82, 2.24) is 19.2 Å². The third-order valence-electron chi connectivity index (χ3n) is 4.45. The summed E-state index contributed by atoms with van der Waals surface area (Å²) in [6.07, 6.45) is 4.51. The minimum atomic E-state index is -3.50. The highest BCUT2D eigenvalue weighted by Gasteiger charge is 2.27. The zero-order valence-corrected chi connectivity index (χ0v) is 16.0. The molecule has 1 aliphatic heterocycles. The summed E-state index contributed by atoms with van der Waals surface area (Å²) in [6, 6.07) is 11.0. The number of amides is 1. The molecule has 0 N–H and O–H groups in total. The summed E-state index contributed by atoms with van der Waals surface area (Å²) in [6.45, 7) is 2.29. The first-order valence-corrected chi connectivity index (χ1v) is 10.6. The molecule has 9 heteroatoms. The van der Waals surface area contributed by atoms with E-state index >= 15 is 0 Å². The maximum absolute atomic E-state index is 12.7. The number of sulfonamides is 1. The number of rotatable bonds is 6. The highest BCUT2D eigenvalue weighted by molar-refractivity contribution is 7.88. The zero-order valence-electron chi connectivity index (χ0n) is 15.2. The van der Waals surface area contributed by atoms with Gasteiger partial charge in [-0.3, -0.25) is 4.79 Å². The van der Waals surface area contributed by atoms with Crippen LogP contribution >= 0.6 is 0 Å². The molecule has 27 heavy (non-hydrogen) atoms. The van der Waals surface area contributed by atoms with Gasteiger partial charge in [0.05, 0.1) is 12.8 Å². The van der Waals surface area contributed by atoms with E-state index < -0.39 is 10.0 Å². The van der Waals surface area contributed by atoms with E-state index in [1.807, 2.05) is 35.2 Å². The fraction of sp³-hybridized carbons (Fsp3) is 0.389. The van der Waals surface area contributed by atoms with Gasteiger partial charge in [0.2, 0.25) is 21.9 Å². The first-order valence-electron chi connectivity index (χ1n) is 8.72. The molecule has 0 aliphatic carbocycles. The Hall–Kier alpha value is -2.52. The molecule has 2 heterocycles. The van der Waals surface area contributed by atoms with Gasteiger partial charge in [0.1, 0.15) is 0 Å². The van der Waals surface area contributed by atoms with Crippen molar-refractivity contribution in [2.75, 3.05) is 43.9 Å². The van der Waals surface area contributed by atoms with Crippen LogP contribution in [0.25, 0.3) is 0 Å². The van der Waals surface area contributed by atoms with Crippen molar-refractivity contribution in [2.24, 2.45) is 0 Å². The maximum Gasteiger partial charge on any atom is 0.238 e. The van der Waals surface area contributed by atoms with E-state index in [1.165, 1.54) is 4.31 Å². The van der Waals surface area contributed by atoms with Gasteiger partial charge in [-0.25, -0.2) is 18.4 Å². The molecule has 2 aromatic rings. The van der Waals surface area contributed by atoms with Crippen LogP contribution in [-0.4, -0.2) is 72.5 Å². The van der Waals surface area contributed by atoms with Gasteiger partial charge in [0, 0.05) is 45.1 Å². The Morgan fingerprint density at radius 2 is 1.67 bits per heavy atom. The van der Waals surface area contributed by atoms with Crippen LogP contribution in [0.15, 0.2) is 48.8 Å². The van der Waals surface area contributed by atoms with Crippen molar-refractivity contribution in [2.45, 2.75) is 6.54 Å². The summed E-state index contributed by atoms with van der Waals surface area (Å²) in [5, 5.41) is 0. The Morgan fingerprint density at radius 3 is 2.26 bits per heavy atom. The first kappa shape index (κ1) is 19.2. The van der Waals surface area contributed by atoms with Gasteiger partial charge in [-0.05, 0) is 11.6 Å². The molecule has 1 aliphatic rings. The summed E-state index contributed by atoms with van der Waals surface area (Å²) in [5.74, 6) is 0.455. The van der Waals surface area contributed by atoms with Crippen molar-refractivity contribution in [3.63, 3.8) is 0 Å². The molecule has 8 nitrogen and oxygen atoms in total. The summed E-state index contributed by atoms with van der Waals surface area (Å²) in [7, 11) is -3.50. The third-order valence-corrected chi connectivity index (χ3v) is 5.65. The second kappa shape index (κ2) is 8.45. The van der Waals surface area contributed by atoms with Crippen LogP contribution in [0, 0.1) is 0 Å². The summed E-state index contributed by atoms with van der Waals surface area (Å²) < 4.78 is 25.5. The maximum atomic E-state index is 12.7. The molecule has 0 radical (unpaired) electrons. The molecular formula is C18H23N5O3S. The van der Waals surface area contributed by atoms with Crippen molar-refractivity contribution >= 4 is 21.9 Å². The lowest BCUT2D eigenvalue weighted by Gasteiger charge is -2.35. The Bertz CT molecular complexity index is 853. The monoisotopic (exact) mass is 389 g/mol. The van der Waals surface area contributed by atoms with Gasteiger partial charge >= 0.3 is 0 Å². The standard InChI is InChI=1S/C18H23N5O3S/c1-27(25,26)23(14-16-6-3-2-4-7-16)15-17(24)21-10-12-22(13-11-21)18-19-8-5-9-20-18/h2-9H,10-15H2,1H3. The number of benzene rings is 1. The molecule has 3 rings (SSSR count). The molecule has 0 atom stereocenters. The molecule has 0 spiro atoms. The summed E-state index contributed by atoms with van der Waals surface area (Å²) in [5.41, 5.74) is 0.849. The molecule has 1 aromatic carbocycles. The van der Waals surface area contributed by atoms with E-state index in [1.54, 1.807) is 23.4 Å². The second-order valence-corrected chi connectivity index (χ2v) is 8.42. The molecule has 0 unspecified atom stereocenters. The van der Waals surface area contributed by atoms with E-state index in [2.05, 4.69) is 9.97 Å². The molecule has 1 saturated heterocycles. The molecule has 144 valence electrons. The van der Waals surface area contributed by atoms with E-state index in [0.29, 0.717) is 32.1 Å². The Kier molecular flexibility index (Phi) is 6.02. The van der Waals surface area contributed by atoms with Gasteiger partial charge < -0.3 is 9.80 Å². The zero-order chi connectivity index (χ0) is 19.3. The SMILES string of the molecule is CS(=O)(=O)N(CC(=O)N1CCN(c2ncccn2)CC1)Cc1ccccc1. The van der Waals surface area contributed by atoms with Crippen LogP contribution in [0.3, 0.4) is 0 Å². The number of carbonyl (C=O) groups is 1. The normalized spacial score (nSPS) is 15.2. The average Bonchev–Trinajstić information content (AvgIpc) is 2.68. The van der Waals surface area contributed by atoms with Gasteiger partial charge in [0.15, 0.2) is 0 Å². The van der Waals surface area contributed by atoms with Crippen LogP contribution in [-0.2, 0) is 21.4 Å².